The van der Waals surface area contributed by atoms with Crippen LogP contribution in [0.15, 0.2) is 48.9 Å². The molecule has 3 rings (SSSR count). The standard InChI is InChI=1S/C16H12ClN3OS/c17-11-3-1-2-10(6-11)7-12-4-5-14(22-12)15(21)13-8-19-9-20-16(13)18/h1-6,8-9H,7H2,(H2,18,19,20). The Morgan fingerprint density at radius 2 is 2.14 bits per heavy atom. The molecule has 3 aromatic rings. The van der Waals surface area contributed by atoms with Crippen molar-refractivity contribution < 1.29 is 4.79 Å². The van der Waals surface area contributed by atoms with Crippen LogP contribution in [-0.2, 0) is 6.42 Å². The summed E-state index contributed by atoms with van der Waals surface area (Å²) in [5, 5.41) is 0.708. The summed E-state index contributed by atoms with van der Waals surface area (Å²) in [4.78, 5) is 21.8. The Morgan fingerprint density at radius 1 is 1.27 bits per heavy atom. The third kappa shape index (κ3) is 3.16. The molecule has 2 heterocycles. The quantitative estimate of drug-likeness (QED) is 0.742. The third-order valence-corrected chi connectivity index (χ3v) is 4.46. The number of hydrogen-bond acceptors (Lipinski definition) is 5. The molecule has 1 aromatic carbocycles. The van der Waals surface area contributed by atoms with Crippen LogP contribution in [0, 0.1) is 0 Å². The van der Waals surface area contributed by atoms with Gasteiger partial charge in [0.25, 0.3) is 0 Å². The highest BCUT2D eigenvalue weighted by Gasteiger charge is 2.15. The molecule has 0 aliphatic rings. The lowest BCUT2D eigenvalue weighted by Crippen LogP contribution is -2.05. The first-order valence-electron chi connectivity index (χ1n) is 6.57. The molecule has 0 fully saturated rings. The second-order valence-corrected chi connectivity index (χ2v) is 6.33. The van der Waals surface area contributed by atoms with Crippen molar-refractivity contribution in [3.05, 3.63) is 74.8 Å². The number of nitrogens with two attached hydrogens (primary N) is 1. The van der Waals surface area contributed by atoms with E-state index in [2.05, 4.69) is 9.97 Å². The highest BCUT2D eigenvalue weighted by Crippen LogP contribution is 2.24. The molecule has 110 valence electrons. The predicted octanol–water partition coefficient (Wildman–Crippen LogP) is 3.60. The van der Waals surface area contributed by atoms with E-state index in [1.807, 2.05) is 30.3 Å². The lowest BCUT2D eigenvalue weighted by Gasteiger charge is -2.01. The molecule has 4 nitrogen and oxygen atoms in total. The van der Waals surface area contributed by atoms with Gasteiger partial charge in [0.05, 0.1) is 10.4 Å². The number of halogens is 1. The molecule has 0 aliphatic heterocycles. The minimum atomic E-state index is -0.152. The molecule has 0 spiro atoms. The van der Waals surface area contributed by atoms with E-state index in [0.29, 0.717) is 15.5 Å². The summed E-state index contributed by atoms with van der Waals surface area (Å²) in [5.74, 6) is 0.0465. The van der Waals surface area contributed by atoms with Crippen molar-refractivity contribution >= 4 is 34.5 Å². The molecule has 22 heavy (non-hydrogen) atoms. The molecule has 0 saturated heterocycles. The summed E-state index contributed by atoms with van der Waals surface area (Å²) in [6, 6.07) is 11.4. The molecule has 2 aromatic heterocycles. The zero-order valence-electron chi connectivity index (χ0n) is 11.5. The van der Waals surface area contributed by atoms with E-state index in [1.54, 1.807) is 6.07 Å². The van der Waals surface area contributed by atoms with Gasteiger partial charge in [-0.15, -0.1) is 11.3 Å². The molecule has 0 atom stereocenters. The summed E-state index contributed by atoms with van der Waals surface area (Å²) in [6.07, 6.45) is 3.51. The van der Waals surface area contributed by atoms with Gasteiger partial charge in [0, 0.05) is 22.5 Å². The number of hydrogen-bond donors (Lipinski definition) is 1. The van der Waals surface area contributed by atoms with Crippen LogP contribution in [0.4, 0.5) is 5.82 Å². The Kier molecular flexibility index (Phi) is 4.18. The number of rotatable bonds is 4. The Morgan fingerprint density at radius 3 is 2.91 bits per heavy atom. The number of nitrogen functional groups attached to an aromatic ring is 1. The molecule has 0 saturated carbocycles. The smallest absolute Gasteiger partial charge is 0.208 e. The van der Waals surface area contributed by atoms with Gasteiger partial charge in [0.2, 0.25) is 5.78 Å². The SMILES string of the molecule is Nc1ncncc1C(=O)c1ccc(Cc2cccc(Cl)c2)s1. The van der Waals surface area contributed by atoms with Crippen molar-refractivity contribution in [3.8, 4) is 0 Å². The van der Waals surface area contributed by atoms with Crippen LogP contribution in [0.5, 0.6) is 0 Å². The van der Waals surface area contributed by atoms with Crippen LogP contribution in [0.25, 0.3) is 0 Å². The fourth-order valence-electron chi connectivity index (χ4n) is 2.09. The molecule has 0 radical (unpaired) electrons. The highest BCUT2D eigenvalue weighted by atomic mass is 35.5. The number of carbonyl (C=O) groups is 1. The Balaban J connectivity index is 1.82. The zero-order valence-corrected chi connectivity index (χ0v) is 13.1. The molecule has 0 amide bonds. The van der Waals surface area contributed by atoms with Gasteiger partial charge in [0.15, 0.2) is 0 Å². The van der Waals surface area contributed by atoms with Crippen molar-refractivity contribution in [2.24, 2.45) is 0 Å². The van der Waals surface area contributed by atoms with Crippen molar-refractivity contribution in [1.29, 1.82) is 0 Å². The van der Waals surface area contributed by atoms with E-state index in [9.17, 15) is 4.79 Å². The van der Waals surface area contributed by atoms with Gasteiger partial charge in [-0.25, -0.2) is 9.97 Å². The van der Waals surface area contributed by atoms with E-state index >= 15 is 0 Å². The van der Waals surface area contributed by atoms with Gasteiger partial charge in [-0.05, 0) is 29.8 Å². The van der Waals surface area contributed by atoms with Crippen LogP contribution in [-0.4, -0.2) is 15.8 Å². The van der Waals surface area contributed by atoms with Gasteiger partial charge >= 0.3 is 0 Å². The number of benzene rings is 1. The van der Waals surface area contributed by atoms with Crippen molar-refractivity contribution in [2.75, 3.05) is 5.73 Å². The second-order valence-electron chi connectivity index (χ2n) is 4.72. The summed E-state index contributed by atoms with van der Waals surface area (Å²) in [6.45, 7) is 0. The minimum absolute atomic E-state index is 0.152. The number of anilines is 1. The van der Waals surface area contributed by atoms with Gasteiger partial charge < -0.3 is 5.73 Å². The van der Waals surface area contributed by atoms with Crippen molar-refractivity contribution in [1.82, 2.24) is 9.97 Å². The molecular formula is C16H12ClN3OS. The summed E-state index contributed by atoms with van der Waals surface area (Å²) >= 11 is 7.43. The lowest BCUT2D eigenvalue weighted by atomic mass is 10.1. The van der Waals surface area contributed by atoms with Crippen LogP contribution < -0.4 is 5.73 Å². The maximum absolute atomic E-state index is 12.4. The molecule has 0 aliphatic carbocycles. The average Bonchev–Trinajstić information content (AvgIpc) is 2.95. The first-order valence-corrected chi connectivity index (χ1v) is 7.76. The fourth-order valence-corrected chi connectivity index (χ4v) is 3.30. The molecule has 0 unspecified atom stereocenters. The highest BCUT2D eigenvalue weighted by molar-refractivity contribution is 7.14. The van der Waals surface area contributed by atoms with E-state index in [4.69, 9.17) is 17.3 Å². The average molecular weight is 330 g/mol. The van der Waals surface area contributed by atoms with Gasteiger partial charge in [0.1, 0.15) is 12.1 Å². The lowest BCUT2D eigenvalue weighted by molar-refractivity contribution is 0.104. The topological polar surface area (TPSA) is 68.9 Å². The Hall–Kier alpha value is -2.24. The number of carbonyl (C=O) groups excluding carboxylic acids is 1. The Bertz CT molecular complexity index is 832. The second kappa shape index (κ2) is 6.25. The Labute approximate surface area is 136 Å². The summed E-state index contributed by atoms with van der Waals surface area (Å²) < 4.78 is 0. The van der Waals surface area contributed by atoms with E-state index in [0.717, 1.165) is 16.9 Å². The first-order chi connectivity index (χ1) is 10.6. The number of aromatic nitrogens is 2. The first kappa shape index (κ1) is 14.7. The maximum atomic E-state index is 12.4. The molecule has 6 heteroatoms. The van der Waals surface area contributed by atoms with Crippen LogP contribution >= 0.6 is 22.9 Å². The van der Waals surface area contributed by atoms with Crippen LogP contribution in [0.1, 0.15) is 25.7 Å². The maximum Gasteiger partial charge on any atom is 0.208 e. The molecule has 2 N–H and O–H groups in total. The molecule has 0 bridgehead atoms. The summed E-state index contributed by atoms with van der Waals surface area (Å²) in [7, 11) is 0. The zero-order chi connectivity index (χ0) is 15.5. The minimum Gasteiger partial charge on any atom is -0.383 e. The normalized spacial score (nSPS) is 10.6. The number of thiophene rings is 1. The monoisotopic (exact) mass is 329 g/mol. The fraction of sp³-hybridized carbons (Fsp3) is 0.0625. The van der Waals surface area contributed by atoms with Crippen LogP contribution in [0.3, 0.4) is 0 Å². The van der Waals surface area contributed by atoms with Gasteiger partial charge in [-0.2, -0.15) is 0 Å². The van der Waals surface area contributed by atoms with E-state index < -0.39 is 0 Å². The predicted molar refractivity (Wildman–Crippen MR) is 88.5 cm³/mol. The van der Waals surface area contributed by atoms with Gasteiger partial charge in [-0.1, -0.05) is 23.7 Å². The van der Waals surface area contributed by atoms with Gasteiger partial charge in [-0.3, -0.25) is 4.79 Å². The van der Waals surface area contributed by atoms with E-state index in [-0.39, 0.29) is 11.6 Å². The number of nitrogens with zero attached hydrogens (tertiary/aromatic N) is 2. The third-order valence-electron chi connectivity index (χ3n) is 3.14. The molecular weight excluding hydrogens is 318 g/mol. The van der Waals surface area contributed by atoms with Crippen LogP contribution in [0.2, 0.25) is 5.02 Å². The number of ketones is 1. The van der Waals surface area contributed by atoms with Crippen molar-refractivity contribution in [2.45, 2.75) is 6.42 Å². The van der Waals surface area contributed by atoms with E-state index in [1.165, 1.54) is 23.9 Å². The van der Waals surface area contributed by atoms with Crippen molar-refractivity contribution in [3.63, 3.8) is 0 Å². The summed E-state index contributed by atoms with van der Waals surface area (Å²) in [5.41, 5.74) is 7.16. The largest absolute Gasteiger partial charge is 0.383 e.